The van der Waals surface area contributed by atoms with Crippen molar-refractivity contribution < 1.29 is 17.9 Å². The average Bonchev–Trinajstić information content (AvgIpc) is 2.93. The van der Waals surface area contributed by atoms with Gasteiger partial charge in [-0.05, 0) is 35.9 Å². The second-order valence-electron chi connectivity index (χ2n) is 5.59. The summed E-state index contributed by atoms with van der Waals surface area (Å²) in [4.78, 5) is 14.6. The summed E-state index contributed by atoms with van der Waals surface area (Å²) in [5.74, 6) is 0.0871. The summed E-state index contributed by atoms with van der Waals surface area (Å²) in [7, 11) is 0. The van der Waals surface area contributed by atoms with E-state index in [1.807, 2.05) is 6.07 Å². The zero-order chi connectivity index (χ0) is 19.4. The number of rotatable bonds is 6. The maximum atomic E-state index is 12.2. The number of H-pyrrole nitrogens is 1. The Morgan fingerprint density at radius 2 is 1.93 bits per heavy atom. The lowest BCUT2D eigenvalue weighted by molar-refractivity contribution is -0.274. The van der Waals surface area contributed by atoms with Crippen molar-refractivity contribution in [2.24, 2.45) is 0 Å². The third kappa shape index (κ3) is 5.52. The highest BCUT2D eigenvalue weighted by Gasteiger charge is 2.30. The number of ether oxygens (including phenoxy) is 1. The number of anilines is 1. The summed E-state index contributed by atoms with van der Waals surface area (Å²) < 4.78 is 41.5. The molecule has 0 aliphatic heterocycles. The van der Waals surface area contributed by atoms with Gasteiger partial charge >= 0.3 is 12.1 Å². The number of benzene rings is 2. The van der Waals surface area contributed by atoms with Crippen molar-refractivity contribution in [2.75, 3.05) is 5.32 Å². The average molecular weight is 399 g/mol. The van der Waals surface area contributed by atoms with E-state index >= 15 is 0 Å². The summed E-state index contributed by atoms with van der Waals surface area (Å²) in [5, 5.41) is 7.83. The monoisotopic (exact) mass is 398 g/mol. The molecule has 3 rings (SSSR count). The van der Waals surface area contributed by atoms with Crippen LogP contribution in [-0.2, 0) is 13.1 Å². The van der Waals surface area contributed by atoms with Crippen LogP contribution in [0.4, 0.5) is 18.9 Å². The normalized spacial score (nSPS) is 11.4. The van der Waals surface area contributed by atoms with Gasteiger partial charge in [-0.1, -0.05) is 29.8 Å². The molecule has 1 heterocycles. The van der Waals surface area contributed by atoms with Crippen LogP contribution in [0.5, 0.6) is 5.75 Å². The molecule has 0 atom stereocenters. The molecule has 0 unspecified atom stereocenters. The number of alkyl halides is 3. The van der Waals surface area contributed by atoms with Crippen molar-refractivity contribution in [3.05, 3.63) is 75.4 Å². The summed E-state index contributed by atoms with van der Waals surface area (Å²) in [5.41, 5.74) is 0.958. The van der Waals surface area contributed by atoms with E-state index in [4.69, 9.17) is 11.6 Å². The summed E-state index contributed by atoms with van der Waals surface area (Å²) in [6, 6.07) is 12.3. The molecule has 0 radical (unpaired) electrons. The Morgan fingerprint density at radius 1 is 1.19 bits per heavy atom. The predicted octanol–water partition coefficient (Wildman–Crippen LogP) is 3.78. The van der Waals surface area contributed by atoms with Gasteiger partial charge < -0.3 is 10.1 Å². The van der Waals surface area contributed by atoms with E-state index in [0.29, 0.717) is 16.4 Å². The number of aromatic nitrogens is 3. The van der Waals surface area contributed by atoms with Crippen LogP contribution in [0.15, 0.2) is 53.3 Å². The molecule has 0 amide bonds. The molecule has 0 bridgehead atoms. The Bertz CT molecular complexity index is 967. The molecule has 0 saturated heterocycles. The van der Waals surface area contributed by atoms with Gasteiger partial charge in [0.15, 0.2) is 0 Å². The highest BCUT2D eigenvalue weighted by molar-refractivity contribution is 6.30. The lowest BCUT2D eigenvalue weighted by Crippen LogP contribution is -2.19. The minimum absolute atomic E-state index is 0.110. The fraction of sp³-hybridized carbons (Fsp3) is 0.176. The van der Waals surface area contributed by atoms with Gasteiger partial charge in [0.1, 0.15) is 11.6 Å². The van der Waals surface area contributed by atoms with Gasteiger partial charge in [0.2, 0.25) is 0 Å². The molecule has 0 aliphatic carbocycles. The third-order valence-electron chi connectivity index (χ3n) is 3.50. The minimum Gasteiger partial charge on any atom is -0.406 e. The van der Waals surface area contributed by atoms with Gasteiger partial charge in [-0.2, -0.15) is 5.10 Å². The molecule has 2 aromatic carbocycles. The standard InChI is InChI=1S/C17H14ClF3N4O2/c18-12-2-1-3-13(8-12)22-9-15-23-16(26)25(24-15)10-11-4-6-14(7-5-11)27-17(19,20)21/h1-8,22H,9-10H2,(H,23,24,26). The first-order valence-corrected chi connectivity index (χ1v) is 8.16. The quantitative estimate of drug-likeness (QED) is 0.662. The summed E-state index contributed by atoms with van der Waals surface area (Å²) in [6.07, 6.45) is -4.74. The van der Waals surface area contributed by atoms with Gasteiger partial charge in [-0.15, -0.1) is 13.2 Å². The minimum atomic E-state index is -4.74. The Kier molecular flexibility index (Phi) is 5.41. The number of aromatic amines is 1. The Hall–Kier alpha value is -2.94. The molecule has 27 heavy (non-hydrogen) atoms. The van der Waals surface area contributed by atoms with Gasteiger partial charge in [-0.25, -0.2) is 9.48 Å². The Labute approximate surface area is 156 Å². The second-order valence-corrected chi connectivity index (χ2v) is 6.03. The largest absolute Gasteiger partial charge is 0.573 e. The number of nitrogens with one attached hydrogen (secondary N) is 2. The van der Waals surface area contributed by atoms with Crippen LogP contribution in [0.25, 0.3) is 0 Å². The van der Waals surface area contributed by atoms with Crippen LogP contribution >= 0.6 is 11.6 Å². The van der Waals surface area contributed by atoms with Crippen molar-refractivity contribution in [1.29, 1.82) is 0 Å². The van der Waals surface area contributed by atoms with Crippen molar-refractivity contribution in [3.63, 3.8) is 0 Å². The van der Waals surface area contributed by atoms with Crippen LogP contribution in [0, 0.1) is 0 Å². The molecule has 0 saturated carbocycles. The number of hydrogen-bond acceptors (Lipinski definition) is 4. The number of nitrogens with zero attached hydrogens (tertiary/aromatic N) is 2. The fourth-order valence-electron chi connectivity index (χ4n) is 2.34. The first-order chi connectivity index (χ1) is 12.8. The molecule has 1 aromatic heterocycles. The van der Waals surface area contributed by atoms with Crippen molar-refractivity contribution in [1.82, 2.24) is 14.8 Å². The van der Waals surface area contributed by atoms with Gasteiger partial charge in [0.05, 0.1) is 13.1 Å². The van der Waals surface area contributed by atoms with Gasteiger partial charge in [-0.3, -0.25) is 4.98 Å². The van der Waals surface area contributed by atoms with E-state index in [0.717, 1.165) is 5.69 Å². The van der Waals surface area contributed by atoms with Crippen molar-refractivity contribution >= 4 is 17.3 Å². The van der Waals surface area contributed by atoms with E-state index in [2.05, 4.69) is 20.1 Å². The van der Waals surface area contributed by atoms with Crippen LogP contribution < -0.4 is 15.7 Å². The third-order valence-corrected chi connectivity index (χ3v) is 3.74. The summed E-state index contributed by atoms with van der Waals surface area (Å²) >= 11 is 5.90. The molecule has 3 aromatic rings. The predicted molar refractivity (Wildman–Crippen MR) is 93.9 cm³/mol. The van der Waals surface area contributed by atoms with E-state index in [-0.39, 0.29) is 18.8 Å². The molecular weight excluding hydrogens is 385 g/mol. The van der Waals surface area contributed by atoms with Crippen LogP contribution in [-0.4, -0.2) is 21.1 Å². The maximum absolute atomic E-state index is 12.2. The first kappa shape index (κ1) is 18.8. The second kappa shape index (κ2) is 7.75. The summed E-state index contributed by atoms with van der Waals surface area (Å²) in [6.45, 7) is 0.389. The Morgan fingerprint density at radius 3 is 2.59 bits per heavy atom. The van der Waals surface area contributed by atoms with E-state index < -0.39 is 12.1 Å². The highest BCUT2D eigenvalue weighted by Crippen LogP contribution is 2.22. The highest BCUT2D eigenvalue weighted by atomic mass is 35.5. The van der Waals surface area contributed by atoms with Crippen LogP contribution in [0.1, 0.15) is 11.4 Å². The molecule has 0 fully saturated rings. The van der Waals surface area contributed by atoms with E-state index in [1.165, 1.54) is 28.9 Å². The SMILES string of the molecule is O=c1[nH]c(CNc2cccc(Cl)c2)nn1Cc1ccc(OC(F)(F)F)cc1. The lowest BCUT2D eigenvalue weighted by Gasteiger charge is -2.09. The number of halogens is 4. The van der Waals surface area contributed by atoms with Crippen LogP contribution in [0.3, 0.4) is 0 Å². The van der Waals surface area contributed by atoms with Crippen molar-refractivity contribution in [3.8, 4) is 5.75 Å². The zero-order valence-electron chi connectivity index (χ0n) is 13.8. The zero-order valence-corrected chi connectivity index (χ0v) is 14.5. The fourth-order valence-corrected chi connectivity index (χ4v) is 2.53. The smallest absolute Gasteiger partial charge is 0.406 e. The number of hydrogen-bond donors (Lipinski definition) is 2. The van der Waals surface area contributed by atoms with Crippen LogP contribution in [0.2, 0.25) is 5.02 Å². The van der Waals surface area contributed by atoms with E-state index in [9.17, 15) is 18.0 Å². The molecule has 142 valence electrons. The van der Waals surface area contributed by atoms with Crippen molar-refractivity contribution in [2.45, 2.75) is 19.5 Å². The van der Waals surface area contributed by atoms with Gasteiger partial charge in [0.25, 0.3) is 0 Å². The Balaban J connectivity index is 1.63. The molecule has 10 heteroatoms. The van der Waals surface area contributed by atoms with Gasteiger partial charge in [0, 0.05) is 10.7 Å². The first-order valence-electron chi connectivity index (χ1n) is 7.79. The molecule has 6 nitrogen and oxygen atoms in total. The molecule has 0 spiro atoms. The molecular formula is C17H14ClF3N4O2. The maximum Gasteiger partial charge on any atom is 0.573 e. The topological polar surface area (TPSA) is 71.9 Å². The molecule has 2 N–H and O–H groups in total. The van der Waals surface area contributed by atoms with E-state index in [1.54, 1.807) is 18.2 Å². The molecule has 0 aliphatic rings. The lowest BCUT2D eigenvalue weighted by atomic mass is 10.2.